The Kier molecular flexibility index (Phi) is 20.4. The van der Waals surface area contributed by atoms with Crippen molar-refractivity contribution in [3.8, 4) is 0 Å². The number of nitrogens with zero attached hydrogens (tertiary/aromatic N) is 4. The lowest BCUT2D eigenvalue weighted by atomic mass is 9.82. The van der Waals surface area contributed by atoms with Gasteiger partial charge >= 0.3 is 0 Å². The molecule has 0 saturated carbocycles. The molecule has 0 radical (unpaired) electrons. The van der Waals surface area contributed by atoms with E-state index in [1.165, 1.54) is 16.7 Å². The lowest BCUT2D eigenvalue weighted by molar-refractivity contribution is -0.120. The van der Waals surface area contributed by atoms with Crippen LogP contribution in [0.4, 0.5) is 5.82 Å². The molecule has 0 fully saturated rings. The summed E-state index contributed by atoms with van der Waals surface area (Å²) in [4.78, 5) is 39.4. The van der Waals surface area contributed by atoms with E-state index in [1.54, 1.807) is 6.92 Å². The number of guanidine groups is 1. The molecule has 56 heavy (non-hydrogen) atoms. The number of rotatable bonds is 25. The molecule has 0 saturated heterocycles. The summed E-state index contributed by atoms with van der Waals surface area (Å²) in [5.41, 5.74) is 23.0. The largest absolute Gasteiger partial charge is 0.394 e. The molecule has 0 bridgehead atoms. The van der Waals surface area contributed by atoms with Crippen molar-refractivity contribution in [2.24, 2.45) is 16.5 Å². The van der Waals surface area contributed by atoms with Gasteiger partial charge < -0.3 is 53.0 Å². The van der Waals surface area contributed by atoms with Crippen molar-refractivity contribution in [3.63, 3.8) is 0 Å². The lowest BCUT2D eigenvalue weighted by Crippen LogP contribution is -2.50. The van der Waals surface area contributed by atoms with Crippen molar-refractivity contribution < 1.29 is 35.1 Å². The van der Waals surface area contributed by atoms with Crippen molar-refractivity contribution >= 4 is 35.2 Å². The number of nitrogens with one attached hydrogen (secondary N) is 2. The number of halogens is 1. The molecule has 5 unspecified atom stereocenters. The van der Waals surface area contributed by atoms with Crippen LogP contribution in [0.25, 0.3) is 0 Å². The van der Waals surface area contributed by atoms with E-state index in [1.807, 2.05) is 4.90 Å². The molecule has 1 aromatic carbocycles. The average molecular weight is 806 g/mol. The minimum absolute atomic E-state index is 0.0433. The maximum Gasteiger partial charge on any atom is 0.280 e. The number of nitrogens with two attached hydrogens (primary N) is 3. The van der Waals surface area contributed by atoms with Gasteiger partial charge in [-0.15, -0.1) is 0 Å². The molecule has 3 rings (SSSR count). The van der Waals surface area contributed by atoms with Gasteiger partial charge in [0.2, 0.25) is 5.91 Å². The number of aromatic nitrogens is 2. The second-order valence-electron chi connectivity index (χ2n) is 14.7. The number of amides is 2. The monoisotopic (exact) mass is 805 g/mol. The Bertz CT molecular complexity index is 1580. The van der Waals surface area contributed by atoms with Gasteiger partial charge in [0.05, 0.1) is 24.4 Å². The van der Waals surface area contributed by atoms with Crippen LogP contribution in [0.1, 0.15) is 103 Å². The van der Waals surface area contributed by atoms with Gasteiger partial charge in [0.15, 0.2) is 22.6 Å². The molecule has 1 aromatic heterocycles. The van der Waals surface area contributed by atoms with Crippen LogP contribution in [0, 0.1) is 6.92 Å². The Labute approximate surface area is 335 Å². The second-order valence-corrected chi connectivity index (χ2v) is 15.0. The predicted molar refractivity (Wildman–Crippen MR) is 217 cm³/mol. The van der Waals surface area contributed by atoms with E-state index in [2.05, 4.69) is 44.7 Å². The number of aliphatic imine (C=N–C) groups is 1. The molecule has 1 heterocycles. The topological polar surface area (TPSA) is 279 Å². The molecule has 0 spiro atoms. The molecule has 5 atom stereocenters. The zero-order chi connectivity index (χ0) is 41.2. The number of aryl methyl sites for hydroxylation is 2. The minimum atomic E-state index is -1.68. The number of aliphatic hydroxyl groups is 5. The number of hydrogen-bond acceptors (Lipinski definition) is 13. The van der Waals surface area contributed by atoms with Crippen molar-refractivity contribution in [3.05, 3.63) is 50.9 Å². The van der Waals surface area contributed by atoms with Gasteiger partial charge in [0.1, 0.15) is 18.3 Å². The average Bonchev–Trinajstić information content (AvgIpc) is 3.17. The quantitative estimate of drug-likeness (QED) is 0.0376. The predicted octanol–water partition coefficient (Wildman–Crippen LogP) is 0.661. The summed E-state index contributed by atoms with van der Waals surface area (Å²) in [6.45, 7) is 5.28. The number of carbonyl (C=O) groups excluding carboxylic acids is 2. The maximum atomic E-state index is 12.6. The van der Waals surface area contributed by atoms with Gasteiger partial charge in [-0.2, -0.15) is 0 Å². The van der Waals surface area contributed by atoms with Crippen LogP contribution in [0.5, 0.6) is 0 Å². The van der Waals surface area contributed by atoms with Crippen LogP contribution in [-0.2, 0) is 30.5 Å². The summed E-state index contributed by atoms with van der Waals surface area (Å²) in [6, 6.07) is 3.70. The molecule has 2 amide bonds. The van der Waals surface area contributed by atoms with Crippen LogP contribution < -0.4 is 27.8 Å². The Balaban J connectivity index is 1.54. The first-order chi connectivity index (χ1) is 26.8. The Morgan fingerprint density at radius 1 is 0.929 bits per heavy atom. The lowest BCUT2D eigenvalue weighted by Gasteiger charge is -2.30. The number of aliphatic hydroxyl groups excluding tert-OH is 5. The van der Waals surface area contributed by atoms with Gasteiger partial charge in [0, 0.05) is 13.1 Å². The number of anilines is 1. The summed E-state index contributed by atoms with van der Waals surface area (Å²) < 4.78 is 0. The van der Waals surface area contributed by atoms with Gasteiger partial charge in [-0.3, -0.25) is 19.9 Å². The van der Waals surface area contributed by atoms with E-state index in [9.17, 15) is 30.0 Å². The van der Waals surface area contributed by atoms with Gasteiger partial charge in [-0.05, 0) is 113 Å². The third kappa shape index (κ3) is 14.8. The van der Waals surface area contributed by atoms with E-state index in [-0.39, 0.29) is 29.2 Å². The molecule has 1 aliphatic rings. The second kappa shape index (κ2) is 24.3. The number of nitrogen functional groups attached to an aromatic ring is 1. The highest BCUT2D eigenvalue weighted by molar-refractivity contribution is 6.30. The van der Waals surface area contributed by atoms with Crippen LogP contribution in [0.15, 0.2) is 17.1 Å². The van der Waals surface area contributed by atoms with Crippen molar-refractivity contribution in [1.29, 1.82) is 0 Å². The third-order valence-electron chi connectivity index (χ3n) is 10.3. The van der Waals surface area contributed by atoms with Crippen LogP contribution in [0.2, 0.25) is 5.15 Å². The van der Waals surface area contributed by atoms with E-state index in [0.29, 0.717) is 44.7 Å². The zero-order valence-corrected chi connectivity index (χ0v) is 33.7. The molecule has 16 nitrogen and oxygen atoms in total. The number of hydrogen-bond donors (Lipinski definition) is 10. The molecule has 314 valence electrons. The fraction of sp³-hybridized carbons (Fsp3) is 0.667. The summed E-state index contributed by atoms with van der Waals surface area (Å²) in [7, 11) is 0. The molecule has 13 N–H and O–H groups in total. The van der Waals surface area contributed by atoms with Crippen LogP contribution in [-0.4, -0.2) is 128 Å². The van der Waals surface area contributed by atoms with E-state index in [0.717, 1.165) is 76.2 Å². The highest BCUT2D eigenvalue weighted by Crippen LogP contribution is 2.30. The fourth-order valence-electron chi connectivity index (χ4n) is 7.03. The first kappa shape index (κ1) is 46.9. The van der Waals surface area contributed by atoms with Gasteiger partial charge in [-0.1, -0.05) is 49.9 Å². The molecule has 17 heteroatoms. The summed E-state index contributed by atoms with van der Waals surface area (Å²) in [6.07, 6.45) is 5.59. The first-order valence-electron chi connectivity index (χ1n) is 19.9. The first-order valence-corrected chi connectivity index (χ1v) is 20.3. The summed E-state index contributed by atoms with van der Waals surface area (Å²) in [5.74, 6) is -1.16. The Hall–Kier alpha value is -3.48. The summed E-state index contributed by atoms with van der Waals surface area (Å²) in [5, 5.41) is 55.8. The maximum absolute atomic E-state index is 12.6. The third-order valence-corrected chi connectivity index (χ3v) is 10.6. The van der Waals surface area contributed by atoms with Crippen LogP contribution >= 0.6 is 11.6 Å². The zero-order valence-electron chi connectivity index (χ0n) is 32.9. The standard InChI is InChI=1S/C39H64ClN9O7/c1-3-4-5-10-19-49(22-30(51)33(53)34(54)31(52)23-50)20-11-18-44-29(37(42)55)21-26-16-15-25(27-13-6-7-14-28(26)27)12-8-9-17-45-39(43)48-38(56)32-36(41)46-24(2)35(40)47-32/h15-16,29-31,33-34,44,50-54H,3-14,17-23H2,1-2H3,(H2,41,46)(H2,42,55)(H3,43,45,48,56). The SMILES string of the molecule is CCCCCCN(CCCNC(Cc1ccc(CCCCN=C(N)NC(=O)c2nc(Cl)c(C)nc2N)c2c1CCCC2)C(N)=O)CC(O)C(O)C(O)C(O)CO. The highest BCUT2D eigenvalue weighted by Gasteiger charge is 2.31. The molecular weight excluding hydrogens is 742 g/mol. The number of benzene rings is 1. The van der Waals surface area contributed by atoms with Crippen molar-refractivity contribution in [1.82, 2.24) is 25.5 Å². The highest BCUT2D eigenvalue weighted by atomic mass is 35.5. The summed E-state index contributed by atoms with van der Waals surface area (Å²) >= 11 is 5.99. The molecule has 2 aromatic rings. The van der Waals surface area contributed by atoms with E-state index in [4.69, 9.17) is 33.9 Å². The smallest absolute Gasteiger partial charge is 0.280 e. The number of primary amides is 1. The van der Waals surface area contributed by atoms with Crippen LogP contribution in [0.3, 0.4) is 0 Å². The fourth-order valence-corrected chi connectivity index (χ4v) is 7.16. The van der Waals surface area contributed by atoms with Gasteiger partial charge in [0.25, 0.3) is 5.91 Å². The Morgan fingerprint density at radius 2 is 1.59 bits per heavy atom. The molecular formula is C39H64ClN9O7. The normalized spacial score (nSPS) is 15.9. The molecule has 1 aliphatic carbocycles. The Morgan fingerprint density at radius 3 is 2.27 bits per heavy atom. The van der Waals surface area contributed by atoms with Gasteiger partial charge in [-0.25, -0.2) is 9.97 Å². The minimum Gasteiger partial charge on any atom is -0.394 e. The number of unbranched alkanes of at least 4 members (excludes halogenated alkanes) is 4. The van der Waals surface area contributed by atoms with Crippen molar-refractivity contribution in [2.75, 3.05) is 45.1 Å². The van der Waals surface area contributed by atoms with Crippen molar-refractivity contribution in [2.45, 2.75) is 128 Å². The number of fused-ring (bicyclic) bond motifs is 1. The number of carbonyl (C=O) groups is 2. The molecule has 0 aliphatic heterocycles. The van der Waals surface area contributed by atoms with E-state index >= 15 is 0 Å². The van der Waals surface area contributed by atoms with E-state index < -0.39 is 48.9 Å².